The van der Waals surface area contributed by atoms with E-state index in [4.69, 9.17) is 18.9 Å². The van der Waals surface area contributed by atoms with E-state index >= 15 is 0 Å². The Kier molecular flexibility index (Phi) is 9.06. The van der Waals surface area contributed by atoms with Crippen LogP contribution in [0.15, 0.2) is 12.2 Å². The van der Waals surface area contributed by atoms with Crippen molar-refractivity contribution in [1.29, 1.82) is 0 Å². The third kappa shape index (κ3) is 6.42. The highest BCUT2D eigenvalue weighted by Crippen LogP contribution is 2.56. The number of esters is 1. The minimum atomic E-state index is -6.07. The van der Waals surface area contributed by atoms with Gasteiger partial charge < -0.3 is 29.2 Å². The van der Waals surface area contributed by atoms with Crippen molar-refractivity contribution in [1.82, 2.24) is 0 Å². The van der Waals surface area contributed by atoms with E-state index in [0.717, 1.165) is 0 Å². The molecule has 7 unspecified atom stereocenters. The van der Waals surface area contributed by atoms with Crippen LogP contribution in [0.5, 0.6) is 0 Å². The maximum atomic E-state index is 13.5. The highest BCUT2D eigenvalue weighted by atomic mass is 19.4. The second-order valence-corrected chi connectivity index (χ2v) is 12.3. The number of carbonyl (C=O) groups excluding carboxylic acids is 1. The zero-order valence-electron chi connectivity index (χ0n) is 23.7. The van der Waals surface area contributed by atoms with Crippen LogP contribution in [0.2, 0.25) is 0 Å². The van der Waals surface area contributed by atoms with E-state index < -0.39 is 83.1 Å². The molecule has 2 rings (SSSR count). The zero-order chi connectivity index (χ0) is 30.7. The van der Waals surface area contributed by atoms with Gasteiger partial charge in [0.2, 0.25) is 0 Å². The number of alkyl halides is 6. The lowest BCUT2D eigenvalue weighted by molar-refractivity contribution is -0.400. The van der Waals surface area contributed by atoms with Crippen LogP contribution in [0, 0.1) is 11.8 Å². The molecule has 228 valence electrons. The molecule has 0 aromatic heterocycles. The number of halogens is 6. The van der Waals surface area contributed by atoms with Gasteiger partial charge in [0.05, 0.1) is 29.0 Å². The van der Waals surface area contributed by atoms with Gasteiger partial charge in [-0.15, -0.1) is 0 Å². The van der Waals surface area contributed by atoms with Crippen molar-refractivity contribution in [3.8, 4) is 0 Å². The van der Waals surface area contributed by atoms with Crippen LogP contribution in [0.1, 0.15) is 68.7 Å². The molecule has 39 heavy (non-hydrogen) atoms. The summed E-state index contributed by atoms with van der Waals surface area (Å²) in [6.45, 7) is 16.1. The Bertz CT molecular complexity index is 907. The van der Waals surface area contributed by atoms with Crippen molar-refractivity contribution in [3.05, 3.63) is 12.2 Å². The summed E-state index contributed by atoms with van der Waals surface area (Å²) >= 11 is 0. The fraction of sp³-hybridized carbons (Fsp3) is 0.885. The summed E-state index contributed by atoms with van der Waals surface area (Å²) in [5.74, 6) is -2.32. The first-order valence-electron chi connectivity index (χ1n) is 12.6. The van der Waals surface area contributed by atoms with E-state index in [1.54, 1.807) is 20.8 Å². The van der Waals surface area contributed by atoms with Crippen LogP contribution < -0.4 is 0 Å². The molecule has 0 amide bonds. The van der Waals surface area contributed by atoms with Crippen LogP contribution in [0.25, 0.3) is 0 Å². The van der Waals surface area contributed by atoms with Gasteiger partial charge in [0, 0.05) is 23.8 Å². The Hall–Kier alpha value is -1.41. The summed E-state index contributed by atoms with van der Waals surface area (Å²) in [6.07, 6.45) is -18.0. The summed E-state index contributed by atoms with van der Waals surface area (Å²) < 4.78 is 105. The lowest BCUT2D eigenvalue weighted by Gasteiger charge is -2.50. The molecule has 2 fully saturated rings. The topological polar surface area (TPSA) is 94.5 Å². The number of hydrogen-bond donors (Lipinski definition) is 2. The van der Waals surface area contributed by atoms with Crippen LogP contribution in [0.3, 0.4) is 0 Å². The van der Waals surface area contributed by atoms with Gasteiger partial charge in [-0.1, -0.05) is 6.58 Å². The highest BCUT2D eigenvalue weighted by Gasteiger charge is 2.75. The zero-order valence-corrected chi connectivity index (χ0v) is 23.7. The van der Waals surface area contributed by atoms with E-state index in [2.05, 4.69) is 6.58 Å². The van der Waals surface area contributed by atoms with Crippen molar-refractivity contribution >= 4 is 5.97 Å². The second kappa shape index (κ2) is 10.5. The molecule has 0 aromatic rings. The average Bonchev–Trinajstić information content (AvgIpc) is 3.28. The van der Waals surface area contributed by atoms with Gasteiger partial charge in [-0.25, -0.2) is 4.79 Å². The van der Waals surface area contributed by atoms with Crippen molar-refractivity contribution in [2.75, 3.05) is 0 Å². The molecule has 2 saturated heterocycles. The number of carbonyl (C=O) groups is 1. The Morgan fingerprint density at radius 2 is 1.31 bits per heavy atom. The van der Waals surface area contributed by atoms with E-state index in [0.29, 0.717) is 6.92 Å². The third-order valence-corrected chi connectivity index (χ3v) is 7.93. The predicted octanol–water partition coefficient (Wildman–Crippen LogP) is 4.87. The van der Waals surface area contributed by atoms with Crippen molar-refractivity contribution in [3.63, 3.8) is 0 Å². The fourth-order valence-electron chi connectivity index (χ4n) is 5.67. The van der Waals surface area contributed by atoms with Gasteiger partial charge in [0.1, 0.15) is 18.3 Å². The minimum Gasteiger partial charge on any atom is -0.456 e. The van der Waals surface area contributed by atoms with E-state index in [-0.39, 0.29) is 12.0 Å². The molecule has 2 aliphatic rings. The van der Waals surface area contributed by atoms with Crippen molar-refractivity contribution < 1.29 is 60.3 Å². The molecule has 7 nitrogen and oxygen atoms in total. The first-order valence-corrected chi connectivity index (χ1v) is 12.6. The van der Waals surface area contributed by atoms with Gasteiger partial charge in [-0.05, 0) is 62.3 Å². The number of fused-ring (bicyclic) bond motifs is 2. The number of hydrogen-bond acceptors (Lipinski definition) is 7. The molecule has 7 atom stereocenters. The Morgan fingerprint density at radius 1 is 0.872 bits per heavy atom. The molecule has 0 saturated carbocycles. The second-order valence-electron chi connectivity index (χ2n) is 12.3. The Balaban J connectivity index is 2.51. The summed E-state index contributed by atoms with van der Waals surface area (Å²) in [5.41, 5.74) is -9.23. The van der Waals surface area contributed by atoms with Gasteiger partial charge in [0.15, 0.2) is 0 Å². The summed E-state index contributed by atoms with van der Waals surface area (Å²) in [6, 6.07) is 0. The lowest BCUT2D eigenvalue weighted by atomic mass is 9.64. The molecule has 2 aliphatic heterocycles. The fourth-order valence-corrected chi connectivity index (χ4v) is 5.67. The maximum Gasteiger partial charge on any atom is 0.428 e. The van der Waals surface area contributed by atoms with Crippen molar-refractivity contribution in [2.24, 2.45) is 11.8 Å². The first-order chi connectivity index (χ1) is 17.2. The van der Waals surface area contributed by atoms with Gasteiger partial charge >= 0.3 is 18.3 Å². The first kappa shape index (κ1) is 33.8. The van der Waals surface area contributed by atoms with Gasteiger partial charge in [0.25, 0.3) is 5.60 Å². The van der Waals surface area contributed by atoms with Crippen molar-refractivity contribution in [2.45, 2.75) is 134 Å². The molecule has 2 N–H and O–H groups in total. The number of ether oxygens (including phenoxy) is 4. The highest BCUT2D eigenvalue weighted by molar-refractivity contribution is 5.87. The normalized spacial score (nSPS) is 28.4. The summed E-state index contributed by atoms with van der Waals surface area (Å²) in [7, 11) is 0. The molecular weight excluding hydrogens is 538 g/mol. The molecule has 13 heteroatoms. The molecule has 0 spiro atoms. The molecule has 0 aromatic carbocycles. The lowest BCUT2D eigenvalue weighted by Crippen LogP contribution is -2.66. The largest absolute Gasteiger partial charge is 0.456 e. The Morgan fingerprint density at radius 3 is 1.72 bits per heavy atom. The van der Waals surface area contributed by atoms with Gasteiger partial charge in [-0.2, -0.15) is 26.3 Å². The van der Waals surface area contributed by atoms with Crippen LogP contribution in [0.4, 0.5) is 26.3 Å². The quantitative estimate of drug-likeness (QED) is 0.217. The maximum absolute atomic E-state index is 13.5. The van der Waals surface area contributed by atoms with E-state index in [1.807, 2.05) is 0 Å². The number of aliphatic hydroxyl groups is 2. The van der Waals surface area contributed by atoms with Crippen LogP contribution >= 0.6 is 0 Å². The van der Waals surface area contributed by atoms with Crippen LogP contribution in [-0.4, -0.2) is 81.5 Å². The molecule has 2 bridgehead atoms. The number of rotatable bonds is 10. The monoisotopic (exact) mass is 578 g/mol. The Labute approximate surface area is 224 Å². The minimum absolute atomic E-state index is 0.103. The van der Waals surface area contributed by atoms with Gasteiger partial charge in [-0.3, -0.25) is 0 Å². The molecule has 0 radical (unpaired) electrons. The van der Waals surface area contributed by atoms with E-state index in [1.165, 1.54) is 34.6 Å². The standard InChI is InChI=1S/C26H40F6O7/c1-12(2)20(33)37-16-11-15-17(18(19(16)36-15)23(9,10)38-13(3)21(5,6)34)22(7,8)39-14(4)24(35,25(27,28)29)26(30,31)32/h13-19,34-35H,1,11H2,2-10H3. The SMILES string of the molecule is C=C(C)C(=O)OC1CC2OC1C(C(C)(C)OC(C)C(C)(C)O)C2C(C)(C)OC(C)C(O)(C(F)(F)F)C(F)(F)F. The average molecular weight is 579 g/mol. The smallest absolute Gasteiger partial charge is 0.428 e. The predicted molar refractivity (Wildman–Crippen MR) is 128 cm³/mol. The van der Waals surface area contributed by atoms with Crippen LogP contribution in [-0.2, 0) is 23.7 Å². The molecular formula is C26H40F6O7. The molecule has 2 heterocycles. The molecule has 0 aliphatic carbocycles. The summed E-state index contributed by atoms with van der Waals surface area (Å²) in [4.78, 5) is 12.3. The van der Waals surface area contributed by atoms with E-state index in [9.17, 15) is 41.4 Å². The third-order valence-electron chi connectivity index (χ3n) is 7.93. The summed E-state index contributed by atoms with van der Waals surface area (Å²) in [5, 5.41) is 20.3.